The smallest absolute Gasteiger partial charge is 0.220 e. The predicted octanol–water partition coefficient (Wildman–Crippen LogP) is 2.87. The van der Waals surface area contributed by atoms with Gasteiger partial charge in [0, 0.05) is 18.2 Å². The Bertz CT molecular complexity index is 228. The molecule has 0 aromatic heterocycles. The van der Waals surface area contributed by atoms with Crippen LogP contribution in [0.25, 0.3) is 0 Å². The largest absolute Gasteiger partial charge is 0.349 e. The molecule has 0 atom stereocenters. The number of halogens is 2. The van der Waals surface area contributed by atoms with Crippen molar-refractivity contribution in [2.75, 3.05) is 23.3 Å². The van der Waals surface area contributed by atoms with E-state index in [0.29, 0.717) is 24.1 Å². The minimum Gasteiger partial charge on any atom is -0.349 e. The molecule has 1 heterocycles. The van der Waals surface area contributed by atoms with E-state index in [1.54, 1.807) is 0 Å². The highest BCUT2D eigenvalue weighted by Crippen LogP contribution is 2.25. The third-order valence-corrected chi connectivity index (χ3v) is 5.07. The number of thioether (sulfide) groups is 1. The molecule has 0 unspecified atom stereocenters. The van der Waals surface area contributed by atoms with Crippen molar-refractivity contribution in [1.29, 1.82) is 0 Å². The Morgan fingerprint density at radius 2 is 1.94 bits per heavy atom. The second-order valence-electron chi connectivity index (χ2n) is 4.64. The van der Waals surface area contributed by atoms with E-state index in [4.69, 9.17) is 23.2 Å². The van der Waals surface area contributed by atoms with E-state index in [-0.39, 0.29) is 5.91 Å². The van der Waals surface area contributed by atoms with Gasteiger partial charge in [-0.15, -0.1) is 23.2 Å². The average Bonchev–Trinajstić information content (AvgIpc) is 2.30. The van der Waals surface area contributed by atoms with E-state index in [1.807, 2.05) is 18.7 Å². The van der Waals surface area contributed by atoms with Gasteiger partial charge in [0.25, 0.3) is 0 Å². The number of alkyl halides is 2. The Morgan fingerprint density at radius 3 is 2.44 bits per heavy atom. The van der Waals surface area contributed by atoms with Gasteiger partial charge in [0.05, 0.1) is 5.54 Å². The summed E-state index contributed by atoms with van der Waals surface area (Å²) < 4.78 is 0. The zero-order chi connectivity index (χ0) is 12.0. The Morgan fingerprint density at radius 1 is 1.38 bits per heavy atom. The zero-order valence-corrected chi connectivity index (χ0v) is 11.9. The van der Waals surface area contributed by atoms with E-state index in [2.05, 4.69) is 5.32 Å². The Balaban J connectivity index is 2.34. The highest BCUT2D eigenvalue weighted by Gasteiger charge is 2.26. The summed E-state index contributed by atoms with van der Waals surface area (Å²) in [5.74, 6) is 3.68. The van der Waals surface area contributed by atoms with E-state index in [0.717, 1.165) is 12.8 Å². The van der Waals surface area contributed by atoms with Crippen LogP contribution in [0.5, 0.6) is 0 Å². The van der Waals surface area contributed by atoms with Crippen LogP contribution in [0.4, 0.5) is 0 Å². The maximum absolute atomic E-state index is 11.8. The number of rotatable bonds is 5. The molecule has 1 fully saturated rings. The normalized spacial score (nSPS) is 18.4. The number of hydrogen-bond acceptors (Lipinski definition) is 2. The van der Waals surface area contributed by atoms with Crippen LogP contribution in [0, 0.1) is 5.92 Å². The number of carbonyl (C=O) groups is 1. The number of carbonyl (C=O) groups excluding carboxylic acids is 1. The summed E-state index contributed by atoms with van der Waals surface area (Å²) >= 11 is 13.6. The summed E-state index contributed by atoms with van der Waals surface area (Å²) in [6, 6.07) is 0. The summed E-state index contributed by atoms with van der Waals surface area (Å²) in [6.45, 7) is 1.88. The molecule has 0 spiro atoms. The van der Waals surface area contributed by atoms with Crippen molar-refractivity contribution in [2.45, 2.75) is 31.7 Å². The molecule has 0 aliphatic carbocycles. The lowest BCUT2D eigenvalue weighted by Crippen LogP contribution is -2.49. The minimum absolute atomic E-state index is 0.0840. The molecule has 5 heteroatoms. The quantitative estimate of drug-likeness (QED) is 0.787. The van der Waals surface area contributed by atoms with Gasteiger partial charge in [-0.3, -0.25) is 4.79 Å². The van der Waals surface area contributed by atoms with E-state index in [9.17, 15) is 4.79 Å². The molecular formula is C11H19Cl2NOS. The molecule has 0 aromatic carbocycles. The molecule has 2 nitrogen and oxygen atoms in total. The van der Waals surface area contributed by atoms with Gasteiger partial charge in [0.15, 0.2) is 0 Å². The van der Waals surface area contributed by atoms with Crippen molar-refractivity contribution in [3.63, 3.8) is 0 Å². The molecule has 1 saturated heterocycles. The van der Waals surface area contributed by atoms with Crippen molar-refractivity contribution in [2.24, 2.45) is 5.92 Å². The SMILES string of the molecule is CC(CCl)(CCl)NC(=O)CC1CCSCC1. The minimum atomic E-state index is -0.469. The molecule has 0 aromatic rings. The van der Waals surface area contributed by atoms with Gasteiger partial charge >= 0.3 is 0 Å². The third kappa shape index (κ3) is 4.72. The maximum Gasteiger partial charge on any atom is 0.220 e. The van der Waals surface area contributed by atoms with Gasteiger partial charge in [0.1, 0.15) is 0 Å². The molecule has 1 amide bonds. The van der Waals surface area contributed by atoms with Crippen LogP contribution in [-0.2, 0) is 4.79 Å². The summed E-state index contributed by atoms with van der Waals surface area (Å²) in [6.07, 6.45) is 2.91. The van der Waals surface area contributed by atoms with E-state index in [1.165, 1.54) is 11.5 Å². The standard InChI is InChI=1S/C11H19Cl2NOS/c1-11(7-12,8-13)14-10(15)6-9-2-4-16-5-3-9/h9H,2-8H2,1H3,(H,14,15). The fourth-order valence-corrected chi connectivity index (χ4v) is 3.33. The maximum atomic E-state index is 11.8. The first-order chi connectivity index (χ1) is 7.59. The zero-order valence-electron chi connectivity index (χ0n) is 9.60. The van der Waals surface area contributed by atoms with E-state index < -0.39 is 5.54 Å². The van der Waals surface area contributed by atoms with Gasteiger partial charge in [0.2, 0.25) is 5.91 Å². The lowest BCUT2D eigenvalue weighted by atomic mass is 9.97. The van der Waals surface area contributed by atoms with E-state index >= 15 is 0 Å². The van der Waals surface area contributed by atoms with Gasteiger partial charge < -0.3 is 5.32 Å². The van der Waals surface area contributed by atoms with Crippen molar-refractivity contribution < 1.29 is 4.79 Å². The molecule has 0 bridgehead atoms. The predicted molar refractivity (Wildman–Crippen MR) is 72.7 cm³/mol. The van der Waals surface area contributed by atoms with Crippen molar-refractivity contribution >= 4 is 40.9 Å². The average molecular weight is 284 g/mol. The topological polar surface area (TPSA) is 29.1 Å². The fourth-order valence-electron chi connectivity index (χ4n) is 1.70. The van der Waals surface area contributed by atoms with Gasteiger partial charge in [-0.25, -0.2) is 0 Å². The molecular weight excluding hydrogens is 265 g/mol. The van der Waals surface area contributed by atoms with Crippen LogP contribution in [0.3, 0.4) is 0 Å². The Kier molecular flexibility index (Phi) is 6.30. The second kappa shape index (κ2) is 6.97. The lowest BCUT2D eigenvalue weighted by molar-refractivity contribution is -0.123. The van der Waals surface area contributed by atoms with Crippen LogP contribution in [-0.4, -0.2) is 34.7 Å². The summed E-state index contributed by atoms with van der Waals surface area (Å²) in [7, 11) is 0. The molecule has 0 radical (unpaired) electrons. The summed E-state index contributed by atoms with van der Waals surface area (Å²) in [5.41, 5.74) is -0.469. The molecule has 0 saturated carbocycles. The molecule has 1 rings (SSSR count). The molecule has 1 aliphatic heterocycles. The third-order valence-electron chi connectivity index (χ3n) is 2.85. The summed E-state index contributed by atoms with van der Waals surface area (Å²) in [5, 5.41) is 2.93. The fraction of sp³-hybridized carbons (Fsp3) is 0.909. The Labute approximate surface area is 112 Å². The number of hydrogen-bond donors (Lipinski definition) is 1. The molecule has 16 heavy (non-hydrogen) atoms. The first kappa shape index (κ1) is 14.5. The van der Waals surface area contributed by atoms with Crippen molar-refractivity contribution in [3.8, 4) is 0 Å². The highest BCUT2D eigenvalue weighted by molar-refractivity contribution is 7.99. The number of amides is 1. The van der Waals surface area contributed by atoms with Gasteiger partial charge in [-0.05, 0) is 37.2 Å². The highest BCUT2D eigenvalue weighted by atomic mass is 35.5. The Hall–Kier alpha value is 0.400. The molecule has 1 aliphatic rings. The first-order valence-electron chi connectivity index (χ1n) is 5.60. The molecule has 1 N–H and O–H groups in total. The first-order valence-corrected chi connectivity index (χ1v) is 7.83. The van der Waals surface area contributed by atoms with Crippen LogP contribution >= 0.6 is 35.0 Å². The van der Waals surface area contributed by atoms with Crippen molar-refractivity contribution in [3.05, 3.63) is 0 Å². The van der Waals surface area contributed by atoms with Gasteiger partial charge in [-0.1, -0.05) is 0 Å². The van der Waals surface area contributed by atoms with Gasteiger partial charge in [-0.2, -0.15) is 11.8 Å². The lowest BCUT2D eigenvalue weighted by Gasteiger charge is -2.28. The van der Waals surface area contributed by atoms with Crippen molar-refractivity contribution in [1.82, 2.24) is 5.32 Å². The van der Waals surface area contributed by atoms with Crippen LogP contribution in [0.15, 0.2) is 0 Å². The van der Waals surface area contributed by atoms with Crippen LogP contribution < -0.4 is 5.32 Å². The molecule has 94 valence electrons. The summed E-state index contributed by atoms with van der Waals surface area (Å²) in [4.78, 5) is 11.8. The van der Waals surface area contributed by atoms with Crippen LogP contribution in [0.1, 0.15) is 26.2 Å². The van der Waals surface area contributed by atoms with Crippen LogP contribution in [0.2, 0.25) is 0 Å². The monoisotopic (exact) mass is 283 g/mol. The number of nitrogens with one attached hydrogen (secondary N) is 1. The second-order valence-corrected chi connectivity index (χ2v) is 6.40.